The molecule has 24 heavy (non-hydrogen) atoms. The Labute approximate surface area is 141 Å². The maximum atomic E-state index is 13.4. The van der Waals surface area contributed by atoms with Gasteiger partial charge in [0, 0.05) is 44.4 Å². The summed E-state index contributed by atoms with van der Waals surface area (Å²) < 4.78 is 21.2. The van der Waals surface area contributed by atoms with Gasteiger partial charge in [0.15, 0.2) is 0 Å². The Morgan fingerprint density at radius 3 is 2.96 bits per heavy atom. The first-order valence-corrected chi connectivity index (χ1v) is 8.35. The molecule has 6 heteroatoms. The van der Waals surface area contributed by atoms with Crippen LogP contribution >= 0.6 is 0 Å². The molecule has 1 saturated heterocycles. The van der Waals surface area contributed by atoms with Crippen molar-refractivity contribution in [3.63, 3.8) is 0 Å². The number of ether oxygens (including phenoxy) is 1. The van der Waals surface area contributed by atoms with Crippen LogP contribution in [0, 0.1) is 5.82 Å². The number of aliphatic hydroxyl groups is 1. The molecular weight excluding hydrogens is 309 g/mol. The highest BCUT2D eigenvalue weighted by Crippen LogP contribution is 2.24. The molecule has 0 saturated carbocycles. The fourth-order valence-corrected chi connectivity index (χ4v) is 3.26. The fraction of sp³-hybridized carbons (Fsp3) is 0.500. The van der Waals surface area contributed by atoms with Crippen LogP contribution in [0.15, 0.2) is 36.7 Å². The summed E-state index contributed by atoms with van der Waals surface area (Å²) in [5.74, 6) is -0.264. The second-order valence-electron chi connectivity index (χ2n) is 6.41. The van der Waals surface area contributed by atoms with Crippen LogP contribution in [0.4, 0.5) is 4.39 Å². The first-order chi connectivity index (χ1) is 11.6. The molecule has 2 aromatic rings. The van der Waals surface area contributed by atoms with Gasteiger partial charge in [-0.25, -0.2) is 4.39 Å². The molecule has 0 amide bonds. The second-order valence-corrected chi connectivity index (χ2v) is 6.41. The van der Waals surface area contributed by atoms with E-state index >= 15 is 0 Å². The molecule has 0 spiro atoms. The number of aromatic nitrogens is 2. The Morgan fingerprint density at radius 1 is 1.38 bits per heavy atom. The minimum Gasteiger partial charge on any atom is -0.393 e. The average Bonchev–Trinajstić information content (AvgIpc) is 3.03. The molecule has 0 unspecified atom stereocenters. The number of halogens is 1. The van der Waals surface area contributed by atoms with Crippen LogP contribution in [0.25, 0.3) is 0 Å². The number of hydrogen-bond donors (Lipinski definition) is 1. The van der Waals surface area contributed by atoms with Crippen molar-refractivity contribution in [2.45, 2.75) is 32.0 Å². The molecule has 1 aliphatic rings. The molecule has 1 N–H and O–H groups in total. The molecule has 3 rings (SSSR count). The van der Waals surface area contributed by atoms with E-state index in [1.54, 1.807) is 6.07 Å². The number of nitrogens with zero attached hydrogens (tertiary/aromatic N) is 3. The Bertz CT molecular complexity index is 676. The summed E-state index contributed by atoms with van der Waals surface area (Å²) >= 11 is 0. The molecule has 1 atom stereocenters. The predicted octanol–water partition coefficient (Wildman–Crippen LogP) is 1.85. The van der Waals surface area contributed by atoms with Gasteiger partial charge in [0.1, 0.15) is 11.4 Å². The van der Waals surface area contributed by atoms with E-state index in [9.17, 15) is 9.50 Å². The molecule has 1 aliphatic heterocycles. The Hall–Kier alpha value is -1.76. The van der Waals surface area contributed by atoms with Crippen molar-refractivity contribution in [1.29, 1.82) is 0 Å². The molecular formula is C18H24FN3O2. The first-order valence-electron chi connectivity index (χ1n) is 8.35. The third-order valence-electron chi connectivity index (χ3n) is 4.45. The van der Waals surface area contributed by atoms with E-state index in [2.05, 4.69) is 16.9 Å². The maximum absolute atomic E-state index is 13.4. The van der Waals surface area contributed by atoms with Crippen molar-refractivity contribution in [3.05, 3.63) is 53.6 Å². The van der Waals surface area contributed by atoms with Crippen LogP contribution < -0.4 is 0 Å². The molecule has 2 heterocycles. The van der Waals surface area contributed by atoms with Gasteiger partial charge in [-0.3, -0.25) is 9.58 Å². The number of morpholine rings is 1. The SMILES string of the molecule is CCn1cc(CN2CCO[C@@](CO)(Cc3cccc(F)c3)C2)cn1. The highest BCUT2D eigenvalue weighted by molar-refractivity contribution is 5.19. The number of rotatable bonds is 6. The van der Waals surface area contributed by atoms with E-state index in [1.807, 2.05) is 23.1 Å². The zero-order valence-corrected chi connectivity index (χ0v) is 14.0. The first kappa shape index (κ1) is 17.1. The van der Waals surface area contributed by atoms with Crippen molar-refractivity contribution in [3.8, 4) is 0 Å². The van der Waals surface area contributed by atoms with Crippen LogP contribution in [0.5, 0.6) is 0 Å². The summed E-state index contributed by atoms with van der Waals surface area (Å²) in [6, 6.07) is 6.49. The van der Waals surface area contributed by atoms with Crippen LogP contribution in [0.3, 0.4) is 0 Å². The Kier molecular flexibility index (Phi) is 5.28. The summed E-state index contributed by atoms with van der Waals surface area (Å²) in [6.45, 7) is 5.56. The van der Waals surface area contributed by atoms with Crippen molar-refractivity contribution in [2.75, 3.05) is 26.3 Å². The van der Waals surface area contributed by atoms with E-state index in [4.69, 9.17) is 4.74 Å². The minimum atomic E-state index is -0.688. The molecule has 0 aliphatic carbocycles. The van der Waals surface area contributed by atoms with Gasteiger partial charge in [-0.1, -0.05) is 12.1 Å². The van der Waals surface area contributed by atoms with E-state index in [1.165, 1.54) is 12.1 Å². The monoisotopic (exact) mass is 333 g/mol. The summed E-state index contributed by atoms with van der Waals surface area (Å²) in [6.07, 6.45) is 4.42. The fourth-order valence-electron chi connectivity index (χ4n) is 3.26. The lowest BCUT2D eigenvalue weighted by Gasteiger charge is -2.41. The molecule has 1 aromatic heterocycles. The van der Waals surface area contributed by atoms with Gasteiger partial charge in [0.05, 0.1) is 19.4 Å². The average molecular weight is 333 g/mol. The Balaban J connectivity index is 1.69. The van der Waals surface area contributed by atoms with Crippen LogP contribution in [0.2, 0.25) is 0 Å². The lowest BCUT2D eigenvalue weighted by atomic mass is 9.93. The highest BCUT2D eigenvalue weighted by Gasteiger charge is 2.36. The highest BCUT2D eigenvalue weighted by atomic mass is 19.1. The van der Waals surface area contributed by atoms with Crippen LogP contribution in [0.1, 0.15) is 18.1 Å². The predicted molar refractivity (Wildman–Crippen MR) is 89.1 cm³/mol. The van der Waals surface area contributed by atoms with Crippen LogP contribution in [-0.2, 0) is 24.2 Å². The maximum Gasteiger partial charge on any atom is 0.123 e. The number of hydrogen-bond acceptors (Lipinski definition) is 4. The number of benzene rings is 1. The van der Waals surface area contributed by atoms with Crippen LogP contribution in [-0.4, -0.2) is 51.7 Å². The van der Waals surface area contributed by atoms with E-state index < -0.39 is 5.60 Å². The molecule has 1 aromatic carbocycles. The van der Waals surface area contributed by atoms with Gasteiger partial charge in [0.2, 0.25) is 0 Å². The zero-order chi connectivity index (χ0) is 17.0. The lowest BCUT2D eigenvalue weighted by Crippen LogP contribution is -2.55. The quantitative estimate of drug-likeness (QED) is 0.876. The zero-order valence-electron chi connectivity index (χ0n) is 14.0. The van der Waals surface area contributed by atoms with Gasteiger partial charge in [-0.05, 0) is 24.6 Å². The van der Waals surface area contributed by atoms with Crippen molar-refractivity contribution in [2.24, 2.45) is 0 Å². The van der Waals surface area contributed by atoms with Gasteiger partial charge in [-0.2, -0.15) is 5.10 Å². The lowest BCUT2D eigenvalue weighted by molar-refractivity contribution is -0.134. The normalized spacial score (nSPS) is 22.0. The summed E-state index contributed by atoms with van der Waals surface area (Å²) in [7, 11) is 0. The van der Waals surface area contributed by atoms with Gasteiger partial charge >= 0.3 is 0 Å². The molecule has 5 nitrogen and oxygen atoms in total. The smallest absolute Gasteiger partial charge is 0.123 e. The molecule has 0 radical (unpaired) electrons. The summed E-state index contributed by atoms with van der Waals surface area (Å²) in [5.41, 5.74) is 1.30. The van der Waals surface area contributed by atoms with Crippen molar-refractivity contribution >= 4 is 0 Å². The third kappa shape index (κ3) is 4.01. The standard InChI is InChI=1S/C18H24FN3O2/c1-2-22-12-16(10-20-22)11-21-6-7-24-18(13-21,14-23)9-15-4-3-5-17(19)8-15/h3-5,8,10,12,23H,2,6-7,9,11,13-14H2,1H3/t18-/m0/s1. The van der Waals surface area contributed by atoms with E-state index in [0.29, 0.717) is 19.6 Å². The Morgan fingerprint density at radius 2 is 2.25 bits per heavy atom. The van der Waals surface area contributed by atoms with Gasteiger partial charge in [0.25, 0.3) is 0 Å². The number of aliphatic hydroxyl groups excluding tert-OH is 1. The second kappa shape index (κ2) is 7.42. The number of aryl methyl sites for hydroxylation is 1. The molecule has 0 bridgehead atoms. The topological polar surface area (TPSA) is 50.5 Å². The summed E-state index contributed by atoms with van der Waals surface area (Å²) in [5, 5.41) is 14.2. The minimum absolute atomic E-state index is 0.0891. The van der Waals surface area contributed by atoms with E-state index in [-0.39, 0.29) is 12.4 Å². The molecule has 130 valence electrons. The summed E-state index contributed by atoms with van der Waals surface area (Å²) in [4.78, 5) is 2.26. The van der Waals surface area contributed by atoms with Gasteiger partial charge < -0.3 is 9.84 Å². The van der Waals surface area contributed by atoms with E-state index in [0.717, 1.165) is 30.8 Å². The largest absolute Gasteiger partial charge is 0.393 e. The van der Waals surface area contributed by atoms with Crippen molar-refractivity contribution < 1.29 is 14.2 Å². The van der Waals surface area contributed by atoms with Crippen molar-refractivity contribution in [1.82, 2.24) is 14.7 Å². The van der Waals surface area contributed by atoms with Gasteiger partial charge in [-0.15, -0.1) is 0 Å². The molecule has 1 fully saturated rings. The third-order valence-corrected chi connectivity index (χ3v) is 4.45.